The lowest BCUT2D eigenvalue weighted by Gasteiger charge is -2.29. The molecule has 2 aliphatic heterocycles. The van der Waals surface area contributed by atoms with Crippen LogP contribution in [0.3, 0.4) is 0 Å². The predicted molar refractivity (Wildman–Crippen MR) is 91.5 cm³/mol. The highest BCUT2D eigenvalue weighted by Gasteiger charge is 2.18. The average Bonchev–Trinajstić information content (AvgIpc) is 3.03. The highest BCUT2D eigenvalue weighted by Crippen LogP contribution is 2.40. The van der Waals surface area contributed by atoms with Gasteiger partial charge in [-0.05, 0) is 30.7 Å². The van der Waals surface area contributed by atoms with Crippen molar-refractivity contribution < 1.29 is 19.0 Å². The molecule has 2 aliphatic rings. The first-order valence-corrected chi connectivity index (χ1v) is 8.37. The van der Waals surface area contributed by atoms with E-state index in [1.54, 1.807) is 18.2 Å². The van der Waals surface area contributed by atoms with Crippen LogP contribution in [0.25, 0.3) is 6.08 Å². The van der Waals surface area contributed by atoms with Crippen molar-refractivity contribution in [3.63, 3.8) is 0 Å². The monoisotopic (exact) mass is 352 g/mol. The van der Waals surface area contributed by atoms with Crippen LogP contribution in [0.15, 0.2) is 18.2 Å². The summed E-state index contributed by atoms with van der Waals surface area (Å²) < 4.78 is 15.9. The molecule has 0 saturated carbocycles. The molecule has 0 radical (unpaired) electrons. The van der Waals surface area contributed by atoms with Crippen LogP contribution in [-0.4, -0.2) is 56.5 Å². The summed E-state index contributed by atoms with van der Waals surface area (Å²) in [4.78, 5) is 14.3. The number of morpholine rings is 1. The van der Waals surface area contributed by atoms with Crippen molar-refractivity contribution in [3.05, 3.63) is 28.8 Å². The predicted octanol–water partition coefficient (Wildman–Crippen LogP) is 1.92. The van der Waals surface area contributed by atoms with Crippen LogP contribution in [0.1, 0.15) is 12.5 Å². The Balaban J connectivity index is 1.52. The van der Waals surface area contributed by atoms with E-state index in [0.717, 1.165) is 38.4 Å². The van der Waals surface area contributed by atoms with Crippen LogP contribution in [0.5, 0.6) is 11.5 Å². The molecule has 1 saturated heterocycles. The molecule has 0 bridgehead atoms. The van der Waals surface area contributed by atoms with Crippen molar-refractivity contribution >= 4 is 23.6 Å². The number of nitrogens with one attached hydrogen (secondary N) is 1. The number of hydrogen-bond acceptors (Lipinski definition) is 5. The summed E-state index contributed by atoms with van der Waals surface area (Å²) in [5, 5.41) is 3.44. The van der Waals surface area contributed by atoms with E-state index in [1.165, 1.54) is 6.08 Å². The Morgan fingerprint density at radius 3 is 2.96 bits per heavy atom. The second-order valence-electron chi connectivity index (χ2n) is 5.89. The Morgan fingerprint density at radius 2 is 2.17 bits per heavy atom. The van der Waals surface area contributed by atoms with Gasteiger partial charge in [0, 0.05) is 31.8 Å². The first kappa shape index (κ1) is 17.1. The van der Waals surface area contributed by atoms with Crippen molar-refractivity contribution in [2.75, 3.05) is 39.6 Å². The van der Waals surface area contributed by atoms with E-state index < -0.39 is 0 Å². The van der Waals surface area contributed by atoms with Gasteiger partial charge < -0.3 is 19.5 Å². The zero-order chi connectivity index (χ0) is 16.9. The summed E-state index contributed by atoms with van der Waals surface area (Å²) in [6.45, 7) is 6.31. The maximum absolute atomic E-state index is 12.1. The van der Waals surface area contributed by atoms with Gasteiger partial charge in [0.2, 0.25) is 12.7 Å². The van der Waals surface area contributed by atoms with E-state index in [4.69, 9.17) is 25.8 Å². The quantitative estimate of drug-likeness (QED) is 0.820. The van der Waals surface area contributed by atoms with E-state index in [-0.39, 0.29) is 18.7 Å². The number of halogens is 1. The molecule has 0 aromatic heterocycles. The zero-order valence-electron chi connectivity index (χ0n) is 13.6. The van der Waals surface area contributed by atoms with Crippen molar-refractivity contribution in [2.45, 2.75) is 13.0 Å². The number of carbonyl (C=O) groups is 1. The molecule has 1 aromatic carbocycles. The van der Waals surface area contributed by atoms with Crippen molar-refractivity contribution in [1.82, 2.24) is 10.2 Å². The Hall–Kier alpha value is -1.76. The SMILES string of the molecule is C[C@@H](CN1CCOCC1)NC(=O)/C=C/c1cc(Cl)c2c(c1)OCO2. The lowest BCUT2D eigenvalue weighted by molar-refractivity contribution is -0.117. The Morgan fingerprint density at radius 1 is 1.38 bits per heavy atom. The van der Waals surface area contributed by atoms with Gasteiger partial charge in [0.1, 0.15) is 0 Å². The third-order valence-corrected chi connectivity index (χ3v) is 4.18. The number of ether oxygens (including phenoxy) is 3. The summed E-state index contributed by atoms with van der Waals surface area (Å²) in [6, 6.07) is 3.62. The highest BCUT2D eigenvalue weighted by atomic mass is 35.5. The molecule has 130 valence electrons. The van der Waals surface area contributed by atoms with E-state index in [2.05, 4.69) is 10.2 Å². The zero-order valence-corrected chi connectivity index (χ0v) is 14.3. The van der Waals surface area contributed by atoms with E-state index in [9.17, 15) is 4.79 Å². The average molecular weight is 353 g/mol. The molecule has 1 fully saturated rings. The highest BCUT2D eigenvalue weighted by molar-refractivity contribution is 6.32. The fraction of sp³-hybridized carbons (Fsp3) is 0.471. The Kier molecular flexibility index (Phi) is 5.60. The third-order valence-electron chi connectivity index (χ3n) is 3.90. The van der Waals surface area contributed by atoms with Gasteiger partial charge in [0.05, 0.1) is 18.2 Å². The summed E-state index contributed by atoms with van der Waals surface area (Å²) >= 11 is 6.13. The maximum atomic E-state index is 12.1. The van der Waals surface area contributed by atoms with Gasteiger partial charge in [-0.25, -0.2) is 0 Å². The number of benzene rings is 1. The largest absolute Gasteiger partial charge is 0.454 e. The minimum atomic E-state index is -0.135. The summed E-state index contributed by atoms with van der Waals surface area (Å²) in [5.41, 5.74) is 0.792. The van der Waals surface area contributed by atoms with E-state index in [0.29, 0.717) is 16.5 Å². The van der Waals surface area contributed by atoms with Crippen molar-refractivity contribution in [2.24, 2.45) is 0 Å². The van der Waals surface area contributed by atoms with Gasteiger partial charge in [0.25, 0.3) is 0 Å². The molecule has 1 aromatic rings. The number of amides is 1. The van der Waals surface area contributed by atoms with Crippen molar-refractivity contribution in [1.29, 1.82) is 0 Å². The molecule has 6 nitrogen and oxygen atoms in total. The van der Waals surface area contributed by atoms with Crippen LogP contribution < -0.4 is 14.8 Å². The molecular formula is C17H21ClN2O4. The summed E-state index contributed by atoms with van der Waals surface area (Å²) in [5.74, 6) is 1.02. The molecule has 0 unspecified atom stereocenters. The Labute approximate surface area is 146 Å². The first-order chi connectivity index (χ1) is 11.6. The van der Waals surface area contributed by atoms with Crippen molar-refractivity contribution in [3.8, 4) is 11.5 Å². The molecular weight excluding hydrogens is 332 g/mol. The normalized spacial score (nSPS) is 18.8. The van der Waals surface area contributed by atoms with Gasteiger partial charge in [-0.3, -0.25) is 9.69 Å². The van der Waals surface area contributed by atoms with Crippen LogP contribution in [0.4, 0.5) is 0 Å². The standard InChI is InChI=1S/C17H21ClN2O4/c1-12(10-20-4-6-22-7-5-20)19-16(21)3-2-13-8-14(18)17-15(9-13)23-11-24-17/h2-3,8-9,12H,4-7,10-11H2,1H3,(H,19,21)/b3-2+/t12-/m0/s1. The number of nitrogens with zero attached hydrogens (tertiary/aromatic N) is 1. The van der Waals surface area contributed by atoms with Crippen LogP contribution in [-0.2, 0) is 9.53 Å². The second-order valence-corrected chi connectivity index (χ2v) is 6.30. The molecule has 1 N–H and O–H groups in total. The molecule has 1 atom stereocenters. The number of rotatable bonds is 5. The smallest absolute Gasteiger partial charge is 0.244 e. The summed E-state index contributed by atoms with van der Waals surface area (Å²) in [6.07, 6.45) is 3.22. The molecule has 2 heterocycles. The number of hydrogen-bond donors (Lipinski definition) is 1. The topological polar surface area (TPSA) is 60.0 Å². The van der Waals surface area contributed by atoms with Gasteiger partial charge in [-0.15, -0.1) is 0 Å². The molecule has 24 heavy (non-hydrogen) atoms. The lowest BCUT2D eigenvalue weighted by Crippen LogP contribution is -2.45. The Bertz CT molecular complexity index is 629. The van der Waals surface area contributed by atoms with Crippen LogP contribution >= 0.6 is 11.6 Å². The van der Waals surface area contributed by atoms with Crippen LogP contribution in [0, 0.1) is 0 Å². The van der Waals surface area contributed by atoms with Crippen LogP contribution in [0.2, 0.25) is 5.02 Å². The van der Waals surface area contributed by atoms with E-state index >= 15 is 0 Å². The van der Waals surface area contributed by atoms with Gasteiger partial charge in [-0.2, -0.15) is 0 Å². The fourth-order valence-electron chi connectivity index (χ4n) is 2.76. The molecule has 7 heteroatoms. The summed E-state index contributed by atoms with van der Waals surface area (Å²) in [7, 11) is 0. The molecule has 3 rings (SSSR count). The lowest BCUT2D eigenvalue weighted by atomic mass is 10.2. The molecule has 0 spiro atoms. The number of carbonyl (C=O) groups excluding carboxylic acids is 1. The number of fused-ring (bicyclic) bond motifs is 1. The molecule has 1 amide bonds. The minimum absolute atomic E-state index is 0.0700. The first-order valence-electron chi connectivity index (χ1n) is 7.99. The second kappa shape index (κ2) is 7.88. The van der Waals surface area contributed by atoms with E-state index in [1.807, 2.05) is 6.92 Å². The fourth-order valence-corrected chi connectivity index (χ4v) is 3.04. The van der Waals surface area contributed by atoms with Gasteiger partial charge in [0.15, 0.2) is 11.5 Å². The maximum Gasteiger partial charge on any atom is 0.244 e. The molecule has 0 aliphatic carbocycles. The minimum Gasteiger partial charge on any atom is -0.454 e. The van der Waals surface area contributed by atoms with Gasteiger partial charge in [-0.1, -0.05) is 11.6 Å². The third kappa shape index (κ3) is 4.41. The van der Waals surface area contributed by atoms with Gasteiger partial charge >= 0.3 is 0 Å².